The Hall–Kier alpha value is -0.0800. The van der Waals surface area contributed by atoms with E-state index in [1.807, 2.05) is 0 Å². The molecule has 0 aromatic carbocycles. The first-order valence-corrected chi connectivity index (χ1v) is 7.90. The van der Waals surface area contributed by atoms with E-state index in [9.17, 15) is 0 Å². The van der Waals surface area contributed by atoms with E-state index in [2.05, 4.69) is 10.2 Å². The van der Waals surface area contributed by atoms with Gasteiger partial charge in [-0.3, -0.25) is 4.90 Å². The third-order valence-electron chi connectivity index (χ3n) is 5.33. The molecular weight excluding hydrogens is 208 g/mol. The first-order chi connectivity index (χ1) is 8.43. The first-order valence-electron chi connectivity index (χ1n) is 7.90. The molecule has 2 heterocycles. The van der Waals surface area contributed by atoms with Crippen molar-refractivity contribution in [1.29, 1.82) is 0 Å². The van der Waals surface area contributed by atoms with Gasteiger partial charge in [0.05, 0.1) is 0 Å². The van der Waals surface area contributed by atoms with Crippen LogP contribution in [0.3, 0.4) is 0 Å². The topological polar surface area (TPSA) is 15.3 Å². The molecule has 2 nitrogen and oxygen atoms in total. The fourth-order valence-corrected chi connectivity index (χ4v) is 4.25. The van der Waals surface area contributed by atoms with Crippen molar-refractivity contribution in [3.8, 4) is 0 Å². The molecule has 0 amide bonds. The van der Waals surface area contributed by atoms with Gasteiger partial charge >= 0.3 is 0 Å². The molecule has 1 saturated carbocycles. The highest BCUT2D eigenvalue weighted by Crippen LogP contribution is 2.31. The molecule has 3 aliphatic rings. The van der Waals surface area contributed by atoms with Gasteiger partial charge in [0.2, 0.25) is 0 Å². The van der Waals surface area contributed by atoms with E-state index >= 15 is 0 Å². The van der Waals surface area contributed by atoms with E-state index in [-0.39, 0.29) is 0 Å². The smallest absolute Gasteiger partial charge is 0.0224 e. The standard InChI is InChI=1S/C15H28N2/c1-2-4-13(5-3-1)9-11-17-14-6-7-15(17)12-16-10-8-14/h13-16H,1-12H2. The van der Waals surface area contributed by atoms with Crippen LogP contribution in [0, 0.1) is 5.92 Å². The lowest BCUT2D eigenvalue weighted by atomic mass is 9.87. The quantitative estimate of drug-likeness (QED) is 0.810. The molecule has 0 aromatic heterocycles. The van der Waals surface area contributed by atoms with Crippen LogP contribution in [0.2, 0.25) is 0 Å². The van der Waals surface area contributed by atoms with Crippen molar-refractivity contribution in [3.63, 3.8) is 0 Å². The van der Waals surface area contributed by atoms with Crippen molar-refractivity contribution < 1.29 is 0 Å². The lowest BCUT2D eigenvalue weighted by molar-refractivity contribution is 0.178. The molecule has 3 fully saturated rings. The Morgan fingerprint density at radius 3 is 2.59 bits per heavy atom. The molecule has 1 aliphatic carbocycles. The summed E-state index contributed by atoms with van der Waals surface area (Å²) in [7, 11) is 0. The molecule has 0 radical (unpaired) electrons. The van der Waals surface area contributed by atoms with Crippen LogP contribution in [0.4, 0.5) is 0 Å². The predicted molar refractivity (Wildman–Crippen MR) is 72.2 cm³/mol. The Bertz CT molecular complexity index is 221. The number of nitrogens with zero attached hydrogens (tertiary/aromatic N) is 1. The number of hydrogen-bond acceptors (Lipinski definition) is 2. The van der Waals surface area contributed by atoms with E-state index in [0.717, 1.165) is 18.0 Å². The number of fused-ring (bicyclic) bond motifs is 2. The molecule has 2 unspecified atom stereocenters. The Morgan fingerprint density at radius 2 is 1.71 bits per heavy atom. The average molecular weight is 236 g/mol. The molecule has 1 N–H and O–H groups in total. The summed E-state index contributed by atoms with van der Waals surface area (Å²) in [5.41, 5.74) is 0. The molecule has 0 spiro atoms. The van der Waals surface area contributed by atoms with Crippen LogP contribution in [0.5, 0.6) is 0 Å². The van der Waals surface area contributed by atoms with Gasteiger partial charge in [0.25, 0.3) is 0 Å². The fourth-order valence-electron chi connectivity index (χ4n) is 4.25. The van der Waals surface area contributed by atoms with Gasteiger partial charge in [0, 0.05) is 18.6 Å². The lowest BCUT2D eigenvalue weighted by Gasteiger charge is -2.30. The Morgan fingerprint density at radius 1 is 0.882 bits per heavy atom. The van der Waals surface area contributed by atoms with Crippen LogP contribution in [-0.2, 0) is 0 Å². The Balaban J connectivity index is 1.50. The van der Waals surface area contributed by atoms with Crippen molar-refractivity contribution in [3.05, 3.63) is 0 Å². The summed E-state index contributed by atoms with van der Waals surface area (Å²) in [6, 6.07) is 1.78. The van der Waals surface area contributed by atoms with Gasteiger partial charge in [0.1, 0.15) is 0 Å². The minimum atomic E-state index is 0.867. The highest BCUT2D eigenvalue weighted by Gasteiger charge is 2.34. The van der Waals surface area contributed by atoms with E-state index in [0.29, 0.717) is 0 Å². The summed E-state index contributed by atoms with van der Waals surface area (Å²) < 4.78 is 0. The normalized spacial score (nSPS) is 36.0. The number of hydrogen-bond donors (Lipinski definition) is 1. The second kappa shape index (κ2) is 5.71. The van der Waals surface area contributed by atoms with Crippen molar-refractivity contribution >= 4 is 0 Å². The van der Waals surface area contributed by atoms with Crippen LogP contribution in [-0.4, -0.2) is 36.6 Å². The zero-order chi connectivity index (χ0) is 11.5. The summed E-state index contributed by atoms with van der Waals surface area (Å²) in [6.07, 6.45) is 13.3. The molecule has 0 aromatic rings. The highest BCUT2D eigenvalue weighted by atomic mass is 15.2. The fraction of sp³-hybridized carbons (Fsp3) is 1.00. The molecular formula is C15H28N2. The SMILES string of the molecule is C1CCC(CCN2C3CCNCC2CC3)CC1. The van der Waals surface area contributed by atoms with Crippen molar-refractivity contribution in [1.82, 2.24) is 10.2 Å². The zero-order valence-electron chi connectivity index (χ0n) is 11.2. The van der Waals surface area contributed by atoms with Crippen molar-refractivity contribution in [2.24, 2.45) is 5.92 Å². The summed E-state index contributed by atoms with van der Waals surface area (Å²) >= 11 is 0. The Labute approximate surface area is 106 Å². The monoisotopic (exact) mass is 236 g/mol. The van der Waals surface area contributed by atoms with Gasteiger partial charge in [-0.15, -0.1) is 0 Å². The van der Waals surface area contributed by atoms with E-state index in [4.69, 9.17) is 0 Å². The number of rotatable bonds is 3. The first kappa shape index (κ1) is 12.0. The molecule has 2 bridgehead atoms. The average Bonchev–Trinajstić information content (AvgIpc) is 2.61. The minimum absolute atomic E-state index is 0.867. The summed E-state index contributed by atoms with van der Waals surface area (Å²) in [5.74, 6) is 1.05. The maximum atomic E-state index is 3.60. The maximum absolute atomic E-state index is 3.60. The predicted octanol–water partition coefficient (Wildman–Crippen LogP) is 2.78. The second-order valence-corrected chi connectivity index (χ2v) is 6.41. The molecule has 17 heavy (non-hydrogen) atoms. The van der Waals surface area contributed by atoms with Crippen molar-refractivity contribution in [2.75, 3.05) is 19.6 Å². The third-order valence-corrected chi connectivity index (χ3v) is 5.33. The van der Waals surface area contributed by atoms with Crippen LogP contribution in [0.15, 0.2) is 0 Å². The van der Waals surface area contributed by atoms with Gasteiger partial charge in [0.15, 0.2) is 0 Å². The summed E-state index contributed by atoms with van der Waals surface area (Å²) in [4.78, 5) is 2.86. The van der Waals surface area contributed by atoms with E-state index < -0.39 is 0 Å². The van der Waals surface area contributed by atoms with Crippen LogP contribution in [0.1, 0.15) is 57.8 Å². The van der Waals surface area contributed by atoms with Gasteiger partial charge < -0.3 is 5.32 Å². The minimum Gasteiger partial charge on any atom is -0.315 e. The summed E-state index contributed by atoms with van der Waals surface area (Å²) in [6.45, 7) is 3.89. The van der Waals surface area contributed by atoms with Crippen molar-refractivity contribution in [2.45, 2.75) is 69.9 Å². The summed E-state index contributed by atoms with van der Waals surface area (Å²) in [5, 5.41) is 3.60. The molecule has 2 heteroatoms. The van der Waals surface area contributed by atoms with E-state index in [1.54, 1.807) is 0 Å². The third kappa shape index (κ3) is 2.85. The van der Waals surface area contributed by atoms with Crippen LogP contribution < -0.4 is 5.32 Å². The van der Waals surface area contributed by atoms with Crippen LogP contribution in [0.25, 0.3) is 0 Å². The van der Waals surface area contributed by atoms with E-state index in [1.165, 1.54) is 77.4 Å². The maximum Gasteiger partial charge on any atom is 0.0224 e. The van der Waals surface area contributed by atoms with Crippen LogP contribution >= 0.6 is 0 Å². The molecule has 98 valence electrons. The Kier molecular flexibility index (Phi) is 4.02. The molecule has 2 saturated heterocycles. The molecule has 2 atom stereocenters. The largest absolute Gasteiger partial charge is 0.315 e. The highest BCUT2D eigenvalue weighted by molar-refractivity contribution is 4.91. The zero-order valence-corrected chi connectivity index (χ0v) is 11.2. The van der Waals surface area contributed by atoms with Gasteiger partial charge in [-0.05, 0) is 44.7 Å². The van der Waals surface area contributed by atoms with Gasteiger partial charge in [-0.2, -0.15) is 0 Å². The number of nitrogens with one attached hydrogen (secondary N) is 1. The van der Waals surface area contributed by atoms with Gasteiger partial charge in [-0.1, -0.05) is 32.1 Å². The molecule has 3 rings (SSSR count). The second-order valence-electron chi connectivity index (χ2n) is 6.41. The molecule has 2 aliphatic heterocycles. The van der Waals surface area contributed by atoms with Gasteiger partial charge in [-0.25, -0.2) is 0 Å². The lowest BCUT2D eigenvalue weighted by Crippen LogP contribution is -2.39.